The predicted octanol–water partition coefficient (Wildman–Crippen LogP) is 2.03. The number of aromatic nitrogens is 2. The molecule has 5 heteroatoms. The second-order valence-corrected chi connectivity index (χ2v) is 5.83. The second kappa shape index (κ2) is 5.59. The average Bonchev–Trinajstić information content (AvgIpc) is 3.12. The van der Waals surface area contributed by atoms with E-state index in [0.717, 1.165) is 44.1 Å². The standard InChI is InChI=1S/C14H23N3O2/c1-18-14(6-3-2-4-7-14)13-16-12(19-17-13)9-11-5-8-15-10-11/h11,15H,2-10H2,1H3. The zero-order valence-corrected chi connectivity index (χ0v) is 11.7. The Bertz CT molecular complexity index is 407. The first-order valence-corrected chi connectivity index (χ1v) is 7.41. The molecule has 1 atom stereocenters. The number of hydrogen-bond donors (Lipinski definition) is 1. The summed E-state index contributed by atoms with van der Waals surface area (Å²) in [4.78, 5) is 4.61. The highest BCUT2D eigenvalue weighted by atomic mass is 16.5. The Kier molecular flexibility index (Phi) is 3.84. The molecule has 0 spiro atoms. The number of hydrogen-bond acceptors (Lipinski definition) is 5. The van der Waals surface area contributed by atoms with Crippen LogP contribution in [0.25, 0.3) is 0 Å². The molecule has 1 N–H and O–H groups in total. The summed E-state index contributed by atoms with van der Waals surface area (Å²) in [6.45, 7) is 2.17. The van der Waals surface area contributed by atoms with Crippen molar-refractivity contribution in [2.45, 2.75) is 50.5 Å². The lowest BCUT2D eigenvalue weighted by molar-refractivity contribution is -0.0527. The van der Waals surface area contributed by atoms with Gasteiger partial charge >= 0.3 is 0 Å². The Labute approximate surface area is 114 Å². The molecule has 0 bridgehead atoms. The van der Waals surface area contributed by atoms with Crippen LogP contribution in [0.1, 0.15) is 50.2 Å². The highest BCUT2D eigenvalue weighted by Gasteiger charge is 2.38. The van der Waals surface area contributed by atoms with Crippen molar-refractivity contribution in [3.8, 4) is 0 Å². The van der Waals surface area contributed by atoms with Crippen molar-refractivity contribution in [1.29, 1.82) is 0 Å². The fraction of sp³-hybridized carbons (Fsp3) is 0.857. The summed E-state index contributed by atoms with van der Waals surface area (Å²) in [6.07, 6.45) is 7.76. The average molecular weight is 265 g/mol. The van der Waals surface area contributed by atoms with Crippen LogP contribution in [0.3, 0.4) is 0 Å². The minimum atomic E-state index is -0.298. The Hall–Kier alpha value is -0.940. The smallest absolute Gasteiger partial charge is 0.227 e. The van der Waals surface area contributed by atoms with Gasteiger partial charge in [0.15, 0.2) is 0 Å². The van der Waals surface area contributed by atoms with Gasteiger partial charge < -0.3 is 14.6 Å². The molecule has 1 aliphatic carbocycles. The lowest BCUT2D eigenvalue weighted by atomic mass is 9.84. The van der Waals surface area contributed by atoms with Crippen LogP contribution in [-0.2, 0) is 16.8 Å². The van der Waals surface area contributed by atoms with Gasteiger partial charge in [0.25, 0.3) is 0 Å². The van der Waals surface area contributed by atoms with E-state index in [1.807, 2.05) is 0 Å². The molecule has 0 radical (unpaired) electrons. The lowest BCUT2D eigenvalue weighted by Gasteiger charge is -2.32. The van der Waals surface area contributed by atoms with Crippen molar-refractivity contribution in [1.82, 2.24) is 15.5 Å². The molecule has 2 fully saturated rings. The van der Waals surface area contributed by atoms with E-state index in [-0.39, 0.29) is 5.60 Å². The first-order chi connectivity index (χ1) is 9.32. The van der Waals surface area contributed by atoms with Gasteiger partial charge in [0.05, 0.1) is 0 Å². The summed E-state index contributed by atoms with van der Waals surface area (Å²) in [7, 11) is 1.77. The van der Waals surface area contributed by atoms with Crippen molar-refractivity contribution in [3.63, 3.8) is 0 Å². The van der Waals surface area contributed by atoms with Crippen molar-refractivity contribution in [2.75, 3.05) is 20.2 Å². The monoisotopic (exact) mass is 265 g/mol. The number of nitrogens with zero attached hydrogens (tertiary/aromatic N) is 2. The Morgan fingerprint density at radius 3 is 2.89 bits per heavy atom. The first kappa shape index (κ1) is 13.1. The normalized spacial score (nSPS) is 26.7. The summed E-state index contributed by atoms with van der Waals surface area (Å²) in [5.41, 5.74) is -0.298. The summed E-state index contributed by atoms with van der Waals surface area (Å²) < 4.78 is 11.2. The van der Waals surface area contributed by atoms with E-state index in [1.54, 1.807) is 7.11 Å². The molecule has 1 aromatic heterocycles. The van der Waals surface area contributed by atoms with Crippen LogP contribution in [0.15, 0.2) is 4.52 Å². The first-order valence-electron chi connectivity index (χ1n) is 7.41. The van der Waals surface area contributed by atoms with E-state index in [1.165, 1.54) is 25.7 Å². The largest absolute Gasteiger partial charge is 0.370 e. The second-order valence-electron chi connectivity index (χ2n) is 5.83. The van der Waals surface area contributed by atoms with Crippen LogP contribution < -0.4 is 5.32 Å². The number of methoxy groups -OCH3 is 1. The molecule has 5 nitrogen and oxygen atoms in total. The molecular formula is C14H23N3O2. The van der Waals surface area contributed by atoms with Crippen LogP contribution in [-0.4, -0.2) is 30.3 Å². The van der Waals surface area contributed by atoms with Gasteiger partial charge in [-0.15, -0.1) is 0 Å². The SMILES string of the molecule is COC1(c2noc(CC3CCNC3)n2)CCCCC1. The third-order valence-electron chi connectivity index (χ3n) is 4.55. The van der Waals surface area contributed by atoms with Gasteiger partial charge in [-0.3, -0.25) is 0 Å². The molecule has 2 heterocycles. The Balaban J connectivity index is 1.71. The number of nitrogens with one attached hydrogen (secondary N) is 1. The van der Waals surface area contributed by atoms with Gasteiger partial charge in [-0.25, -0.2) is 0 Å². The Morgan fingerprint density at radius 2 is 2.21 bits per heavy atom. The van der Waals surface area contributed by atoms with E-state index in [2.05, 4.69) is 15.5 Å². The zero-order valence-electron chi connectivity index (χ0n) is 11.7. The van der Waals surface area contributed by atoms with Crippen LogP contribution in [0, 0.1) is 5.92 Å². The van der Waals surface area contributed by atoms with Gasteiger partial charge in [0.2, 0.25) is 11.7 Å². The fourth-order valence-electron chi connectivity index (χ4n) is 3.30. The fourth-order valence-corrected chi connectivity index (χ4v) is 3.30. The molecule has 0 aromatic carbocycles. The van der Waals surface area contributed by atoms with Crippen molar-refractivity contribution in [2.24, 2.45) is 5.92 Å². The molecule has 0 amide bonds. The van der Waals surface area contributed by atoms with Crippen LogP contribution in [0.2, 0.25) is 0 Å². The molecule has 3 rings (SSSR count). The Morgan fingerprint density at radius 1 is 1.37 bits per heavy atom. The summed E-state index contributed by atoms with van der Waals surface area (Å²) in [5, 5.41) is 7.56. The molecule has 106 valence electrons. The number of rotatable bonds is 4. The maximum Gasteiger partial charge on any atom is 0.227 e. The molecule has 1 aromatic rings. The van der Waals surface area contributed by atoms with Gasteiger partial charge in [-0.05, 0) is 38.3 Å². The van der Waals surface area contributed by atoms with Gasteiger partial charge in [-0.2, -0.15) is 4.98 Å². The van der Waals surface area contributed by atoms with E-state index in [9.17, 15) is 0 Å². The molecule has 1 saturated carbocycles. The molecule has 1 unspecified atom stereocenters. The van der Waals surface area contributed by atoms with Crippen molar-refractivity contribution in [3.05, 3.63) is 11.7 Å². The van der Waals surface area contributed by atoms with Crippen LogP contribution in [0.4, 0.5) is 0 Å². The highest BCUT2D eigenvalue weighted by Crippen LogP contribution is 2.38. The molecule has 19 heavy (non-hydrogen) atoms. The maximum absolute atomic E-state index is 5.75. The van der Waals surface area contributed by atoms with Gasteiger partial charge in [0, 0.05) is 13.5 Å². The third-order valence-corrected chi connectivity index (χ3v) is 4.55. The maximum atomic E-state index is 5.75. The third kappa shape index (κ3) is 2.67. The minimum absolute atomic E-state index is 0.298. The van der Waals surface area contributed by atoms with Gasteiger partial charge in [-0.1, -0.05) is 24.4 Å². The minimum Gasteiger partial charge on any atom is -0.370 e. The van der Waals surface area contributed by atoms with Crippen molar-refractivity contribution >= 4 is 0 Å². The van der Waals surface area contributed by atoms with E-state index >= 15 is 0 Å². The lowest BCUT2D eigenvalue weighted by Crippen LogP contribution is -2.32. The van der Waals surface area contributed by atoms with Crippen molar-refractivity contribution < 1.29 is 9.26 Å². The molecule has 2 aliphatic rings. The van der Waals surface area contributed by atoms with Gasteiger partial charge in [0.1, 0.15) is 5.60 Å². The summed E-state index contributed by atoms with van der Waals surface area (Å²) >= 11 is 0. The van der Waals surface area contributed by atoms with Crippen LogP contribution in [0.5, 0.6) is 0 Å². The quantitative estimate of drug-likeness (QED) is 0.902. The van der Waals surface area contributed by atoms with E-state index in [4.69, 9.17) is 9.26 Å². The summed E-state index contributed by atoms with van der Waals surface area (Å²) in [5.74, 6) is 2.17. The molecule has 1 aliphatic heterocycles. The zero-order chi connectivity index (χ0) is 13.1. The predicted molar refractivity (Wildman–Crippen MR) is 70.8 cm³/mol. The van der Waals surface area contributed by atoms with E-state index < -0.39 is 0 Å². The highest BCUT2D eigenvalue weighted by molar-refractivity contribution is 5.03. The topological polar surface area (TPSA) is 60.2 Å². The van der Waals surface area contributed by atoms with E-state index in [0.29, 0.717) is 5.92 Å². The summed E-state index contributed by atoms with van der Waals surface area (Å²) in [6, 6.07) is 0. The number of ether oxygens (including phenoxy) is 1. The molecular weight excluding hydrogens is 242 g/mol. The van der Waals surface area contributed by atoms with Crippen LogP contribution >= 0.6 is 0 Å². The molecule has 1 saturated heterocycles.